The monoisotopic (exact) mass is 173 g/mol. The fraction of sp³-hybridized carbons (Fsp3) is 0.500. The van der Waals surface area contributed by atoms with Gasteiger partial charge >= 0.3 is 5.95 Å². The molecule has 0 N–H and O–H groups in total. The van der Waals surface area contributed by atoms with Crippen LogP contribution in [0, 0.1) is 10.1 Å². The van der Waals surface area contributed by atoms with E-state index in [0.717, 1.165) is 0 Å². The summed E-state index contributed by atoms with van der Waals surface area (Å²) in [6.07, 6.45) is 3.07. The van der Waals surface area contributed by atoms with Crippen molar-refractivity contribution in [2.24, 2.45) is 0 Å². The van der Waals surface area contributed by atoms with Crippen LogP contribution < -0.4 is 0 Å². The molecule has 0 saturated carbocycles. The molecule has 0 aromatic carbocycles. The van der Waals surface area contributed by atoms with E-state index in [1.54, 1.807) is 0 Å². The van der Waals surface area contributed by atoms with Crippen molar-refractivity contribution in [3.63, 3.8) is 0 Å². The van der Waals surface area contributed by atoms with Crippen molar-refractivity contribution in [1.82, 2.24) is 9.55 Å². The van der Waals surface area contributed by atoms with E-state index in [-0.39, 0.29) is 12.4 Å². The molecule has 0 atom stereocenters. The van der Waals surface area contributed by atoms with Gasteiger partial charge in [-0.3, -0.25) is 4.39 Å². The molecule has 0 spiro atoms. The Kier molecular flexibility index (Phi) is 2.73. The van der Waals surface area contributed by atoms with E-state index in [0.29, 0.717) is 6.54 Å². The van der Waals surface area contributed by atoms with Gasteiger partial charge in [-0.15, -0.1) is 0 Å². The number of imidazole rings is 1. The van der Waals surface area contributed by atoms with Crippen LogP contribution in [0.4, 0.5) is 10.3 Å². The lowest BCUT2D eigenvalue weighted by Gasteiger charge is -1.97. The number of hydrogen-bond acceptors (Lipinski definition) is 3. The summed E-state index contributed by atoms with van der Waals surface area (Å²) in [4.78, 5) is 13.2. The number of aromatic nitrogens is 2. The van der Waals surface area contributed by atoms with Crippen molar-refractivity contribution in [3.05, 3.63) is 22.5 Å². The molecule has 0 unspecified atom stereocenters. The van der Waals surface area contributed by atoms with Gasteiger partial charge in [0.1, 0.15) is 12.4 Å². The van der Waals surface area contributed by atoms with Gasteiger partial charge in [0, 0.05) is 6.42 Å². The lowest BCUT2D eigenvalue weighted by molar-refractivity contribution is -0.396. The quantitative estimate of drug-likeness (QED) is 0.506. The van der Waals surface area contributed by atoms with Crippen molar-refractivity contribution in [3.8, 4) is 0 Å². The number of nitrogens with zero attached hydrogens (tertiary/aromatic N) is 3. The molecule has 0 radical (unpaired) electrons. The zero-order valence-electron chi connectivity index (χ0n) is 6.31. The summed E-state index contributed by atoms with van der Waals surface area (Å²) in [7, 11) is 0. The minimum atomic E-state index is -0.585. The molecule has 1 heterocycles. The smallest absolute Gasteiger partial charge is 0.390 e. The largest absolute Gasteiger partial charge is 0.434 e. The third-order valence-electron chi connectivity index (χ3n) is 1.39. The van der Waals surface area contributed by atoms with Gasteiger partial charge in [0.25, 0.3) is 0 Å². The normalized spacial score (nSPS) is 10.1. The predicted molar refractivity (Wildman–Crippen MR) is 39.5 cm³/mol. The number of rotatable bonds is 4. The summed E-state index contributed by atoms with van der Waals surface area (Å²) in [5, 5.41) is 10.3. The standard InChI is InChI=1S/C6H8FN3O2/c7-2-1-4-9-5-3-8-6(9)10(11)12/h3,5H,1-2,4H2. The summed E-state index contributed by atoms with van der Waals surface area (Å²) in [6.45, 7) is -0.178. The maximum absolute atomic E-state index is 11.7. The topological polar surface area (TPSA) is 61.0 Å². The number of nitro groups is 1. The molecule has 0 amide bonds. The van der Waals surface area contributed by atoms with Gasteiger partial charge in [-0.05, 0) is 4.92 Å². The van der Waals surface area contributed by atoms with Crippen molar-refractivity contribution in [2.75, 3.05) is 6.67 Å². The Labute approximate surface area is 68.0 Å². The minimum absolute atomic E-state index is 0.233. The van der Waals surface area contributed by atoms with Crippen LogP contribution in [0.5, 0.6) is 0 Å². The number of hydrogen-bond donors (Lipinski definition) is 0. The van der Waals surface area contributed by atoms with E-state index in [9.17, 15) is 14.5 Å². The molecule has 0 bridgehead atoms. The van der Waals surface area contributed by atoms with Gasteiger partial charge in [0.05, 0.1) is 13.2 Å². The van der Waals surface area contributed by atoms with Gasteiger partial charge in [-0.1, -0.05) is 4.98 Å². The molecule has 0 saturated heterocycles. The molecule has 0 aliphatic carbocycles. The first kappa shape index (κ1) is 8.63. The Bertz CT molecular complexity index is 274. The lowest BCUT2D eigenvalue weighted by Crippen LogP contribution is -2.03. The van der Waals surface area contributed by atoms with Crippen LogP contribution in [-0.2, 0) is 6.54 Å². The van der Waals surface area contributed by atoms with E-state index in [2.05, 4.69) is 4.98 Å². The summed E-state index contributed by atoms with van der Waals surface area (Å²) in [5.41, 5.74) is 0. The molecular weight excluding hydrogens is 165 g/mol. The third kappa shape index (κ3) is 1.77. The fourth-order valence-corrected chi connectivity index (χ4v) is 0.878. The van der Waals surface area contributed by atoms with Crippen LogP contribution >= 0.6 is 0 Å². The Hall–Kier alpha value is -1.46. The van der Waals surface area contributed by atoms with Gasteiger partial charge in [0.2, 0.25) is 0 Å². The molecule has 1 aromatic heterocycles. The fourth-order valence-electron chi connectivity index (χ4n) is 0.878. The minimum Gasteiger partial charge on any atom is -0.390 e. The van der Waals surface area contributed by atoms with Crippen LogP contribution in [0.15, 0.2) is 12.4 Å². The van der Waals surface area contributed by atoms with Gasteiger partial charge < -0.3 is 10.1 Å². The first-order chi connectivity index (χ1) is 5.75. The summed E-state index contributed by atoms with van der Waals surface area (Å²) in [6, 6.07) is 0. The Morgan fingerprint density at radius 3 is 3.08 bits per heavy atom. The number of halogens is 1. The first-order valence-electron chi connectivity index (χ1n) is 3.47. The Morgan fingerprint density at radius 1 is 1.75 bits per heavy atom. The highest BCUT2D eigenvalue weighted by Crippen LogP contribution is 2.07. The maximum atomic E-state index is 11.7. The second-order valence-corrected chi connectivity index (χ2v) is 2.22. The highest BCUT2D eigenvalue weighted by atomic mass is 19.1. The molecule has 1 aromatic rings. The molecule has 0 fully saturated rings. The number of alkyl halides is 1. The second kappa shape index (κ2) is 3.80. The number of aryl methyl sites for hydroxylation is 1. The molecule has 1 rings (SSSR count). The van der Waals surface area contributed by atoms with Gasteiger partial charge in [-0.2, -0.15) is 0 Å². The van der Waals surface area contributed by atoms with Crippen molar-refractivity contribution >= 4 is 5.95 Å². The predicted octanol–water partition coefficient (Wildman–Crippen LogP) is 1.15. The molecule has 6 heteroatoms. The van der Waals surface area contributed by atoms with E-state index in [1.165, 1.54) is 17.0 Å². The van der Waals surface area contributed by atoms with E-state index < -0.39 is 11.6 Å². The third-order valence-corrected chi connectivity index (χ3v) is 1.39. The first-order valence-corrected chi connectivity index (χ1v) is 3.47. The van der Waals surface area contributed by atoms with Crippen LogP contribution in [-0.4, -0.2) is 21.1 Å². The molecule has 0 aliphatic rings. The molecule has 66 valence electrons. The molecule has 12 heavy (non-hydrogen) atoms. The summed E-state index contributed by atoms with van der Waals surface area (Å²) < 4.78 is 13.0. The molecular formula is C6H8FN3O2. The zero-order valence-corrected chi connectivity index (χ0v) is 6.31. The summed E-state index contributed by atoms with van der Waals surface area (Å²) in [5.74, 6) is -0.233. The van der Waals surface area contributed by atoms with E-state index in [4.69, 9.17) is 0 Å². The van der Waals surface area contributed by atoms with Crippen LogP contribution in [0.25, 0.3) is 0 Å². The SMILES string of the molecule is O=[N+]([O-])c1nccn1CCCF. The Balaban J connectivity index is 2.70. The average molecular weight is 173 g/mol. The average Bonchev–Trinajstić information content (AvgIpc) is 2.48. The van der Waals surface area contributed by atoms with Crippen molar-refractivity contribution < 1.29 is 9.31 Å². The second-order valence-electron chi connectivity index (χ2n) is 2.22. The van der Waals surface area contributed by atoms with Crippen LogP contribution in [0.1, 0.15) is 6.42 Å². The highest BCUT2D eigenvalue weighted by molar-refractivity contribution is 5.06. The van der Waals surface area contributed by atoms with Gasteiger partial charge in [0.15, 0.2) is 0 Å². The van der Waals surface area contributed by atoms with Gasteiger partial charge in [-0.25, -0.2) is 4.57 Å². The lowest BCUT2D eigenvalue weighted by atomic mass is 10.4. The molecule has 0 aliphatic heterocycles. The van der Waals surface area contributed by atoms with Crippen molar-refractivity contribution in [1.29, 1.82) is 0 Å². The highest BCUT2D eigenvalue weighted by Gasteiger charge is 2.12. The van der Waals surface area contributed by atoms with E-state index in [1.807, 2.05) is 0 Å². The van der Waals surface area contributed by atoms with E-state index >= 15 is 0 Å². The Morgan fingerprint density at radius 2 is 2.50 bits per heavy atom. The maximum Gasteiger partial charge on any atom is 0.434 e. The summed E-state index contributed by atoms with van der Waals surface area (Å²) >= 11 is 0. The molecule has 5 nitrogen and oxygen atoms in total. The van der Waals surface area contributed by atoms with Crippen LogP contribution in [0.3, 0.4) is 0 Å². The zero-order chi connectivity index (χ0) is 8.97. The van der Waals surface area contributed by atoms with Crippen LogP contribution in [0.2, 0.25) is 0 Å². The van der Waals surface area contributed by atoms with Crippen molar-refractivity contribution in [2.45, 2.75) is 13.0 Å².